The summed E-state index contributed by atoms with van der Waals surface area (Å²) in [5, 5.41) is 9.63. The van der Waals surface area contributed by atoms with Gasteiger partial charge in [-0.25, -0.2) is 9.78 Å². The summed E-state index contributed by atoms with van der Waals surface area (Å²) in [5.74, 6) is 0.484. The first-order valence-electron chi connectivity index (χ1n) is 9.51. The first kappa shape index (κ1) is 20.1. The molecule has 3 aromatic rings. The molecule has 3 rings (SSSR count). The molecule has 0 atom stereocenters. The highest BCUT2D eigenvalue weighted by molar-refractivity contribution is 7.18. The highest BCUT2D eigenvalue weighted by Crippen LogP contribution is 2.22. The van der Waals surface area contributed by atoms with E-state index in [0.29, 0.717) is 30.7 Å². The molecule has 6 nitrogen and oxygen atoms in total. The predicted molar refractivity (Wildman–Crippen MR) is 111 cm³/mol. The van der Waals surface area contributed by atoms with Crippen LogP contribution in [0.3, 0.4) is 0 Å². The third-order valence-electron chi connectivity index (χ3n) is 4.50. The lowest BCUT2D eigenvalue weighted by Gasteiger charge is -2.12. The zero-order chi connectivity index (χ0) is 20.1. The quantitative estimate of drug-likeness (QED) is 0.546. The van der Waals surface area contributed by atoms with E-state index in [1.807, 2.05) is 6.07 Å². The summed E-state index contributed by atoms with van der Waals surface area (Å²) in [7, 11) is 0. The number of nitrogens with zero attached hydrogens (tertiary/aromatic N) is 2. The van der Waals surface area contributed by atoms with Gasteiger partial charge in [-0.3, -0.25) is 9.36 Å². The monoisotopic (exact) mass is 400 g/mol. The molecule has 0 unspecified atom stereocenters. The molecule has 2 heterocycles. The van der Waals surface area contributed by atoms with Crippen molar-refractivity contribution in [3.8, 4) is 5.75 Å². The Bertz CT molecular complexity index is 1020. The largest absolute Gasteiger partial charge is 0.494 e. The van der Waals surface area contributed by atoms with Gasteiger partial charge in [0, 0.05) is 17.8 Å². The minimum Gasteiger partial charge on any atom is -0.494 e. The number of carboxylic acids is 1. The maximum absolute atomic E-state index is 13.0. The van der Waals surface area contributed by atoms with Gasteiger partial charge in [0.2, 0.25) is 0 Å². The Morgan fingerprint density at radius 1 is 1.25 bits per heavy atom. The van der Waals surface area contributed by atoms with E-state index in [1.165, 1.54) is 17.0 Å². The van der Waals surface area contributed by atoms with Crippen molar-refractivity contribution in [2.75, 3.05) is 6.61 Å². The second-order valence-corrected chi connectivity index (χ2v) is 7.67. The highest BCUT2D eigenvalue weighted by atomic mass is 32.1. The van der Waals surface area contributed by atoms with E-state index in [9.17, 15) is 9.59 Å². The van der Waals surface area contributed by atoms with Crippen molar-refractivity contribution in [2.45, 2.75) is 46.1 Å². The Balaban J connectivity index is 1.70. The fourth-order valence-electron chi connectivity index (χ4n) is 3.03. The summed E-state index contributed by atoms with van der Waals surface area (Å²) in [4.78, 5) is 30.6. The fraction of sp³-hybridized carbons (Fsp3) is 0.381. The number of hydrogen-bond donors (Lipinski definition) is 1. The molecule has 0 aliphatic carbocycles. The standard InChI is InChI=1S/C21H24N2O4S/c1-3-6-18-22-19-17(13-16(4-2)28-19)20(24)23(18)11-5-12-27-15-9-7-14(8-10-15)21(25)26/h7-10,13H,3-6,11-12H2,1-2H3,(H,25,26). The highest BCUT2D eigenvalue weighted by Gasteiger charge is 2.13. The number of carbonyl (C=O) groups is 1. The first-order valence-corrected chi connectivity index (χ1v) is 10.3. The van der Waals surface area contributed by atoms with Crippen LogP contribution in [0.4, 0.5) is 0 Å². The molecule has 2 aromatic heterocycles. The van der Waals surface area contributed by atoms with E-state index in [4.69, 9.17) is 14.8 Å². The van der Waals surface area contributed by atoms with Crippen LogP contribution in [0.5, 0.6) is 5.75 Å². The molecule has 0 aliphatic rings. The van der Waals surface area contributed by atoms with Crippen LogP contribution in [0.15, 0.2) is 35.1 Å². The SMILES string of the molecule is CCCc1nc2sc(CC)cc2c(=O)n1CCCOc1ccc(C(=O)O)cc1. The smallest absolute Gasteiger partial charge is 0.335 e. The van der Waals surface area contributed by atoms with Crippen molar-refractivity contribution in [3.63, 3.8) is 0 Å². The molecule has 7 heteroatoms. The molecule has 148 valence electrons. The van der Waals surface area contributed by atoms with Gasteiger partial charge in [0.25, 0.3) is 5.56 Å². The van der Waals surface area contributed by atoms with Crippen molar-refractivity contribution in [2.24, 2.45) is 0 Å². The third-order valence-corrected chi connectivity index (χ3v) is 5.67. The van der Waals surface area contributed by atoms with Gasteiger partial charge in [-0.1, -0.05) is 13.8 Å². The molecule has 0 saturated carbocycles. The lowest BCUT2D eigenvalue weighted by molar-refractivity contribution is 0.0697. The number of benzene rings is 1. The van der Waals surface area contributed by atoms with Crippen molar-refractivity contribution in [1.29, 1.82) is 0 Å². The van der Waals surface area contributed by atoms with Crippen LogP contribution >= 0.6 is 11.3 Å². The summed E-state index contributed by atoms with van der Waals surface area (Å²) in [5.41, 5.74) is 0.250. The molecule has 0 radical (unpaired) electrons. The minimum atomic E-state index is -0.961. The van der Waals surface area contributed by atoms with E-state index in [-0.39, 0.29) is 11.1 Å². The van der Waals surface area contributed by atoms with Crippen LogP contribution in [0.25, 0.3) is 10.2 Å². The van der Waals surface area contributed by atoms with Gasteiger partial charge in [0.1, 0.15) is 16.4 Å². The maximum atomic E-state index is 13.0. The van der Waals surface area contributed by atoms with E-state index in [0.717, 1.165) is 29.9 Å². The Labute approximate surface area is 167 Å². The zero-order valence-corrected chi connectivity index (χ0v) is 16.9. The molecule has 0 spiro atoms. The maximum Gasteiger partial charge on any atom is 0.335 e. The molecule has 1 N–H and O–H groups in total. The number of fused-ring (bicyclic) bond motifs is 1. The van der Waals surface area contributed by atoms with Gasteiger partial charge in [0.15, 0.2) is 0 Å². The Morgan fingerprint density at radius 3 is 2.64 bits per heavy atom. The number of thiophene rings is 1. The molecular weight excluding hydrogens is 376 g/mol. The minimum absolute atomic E-state index is 0.0233. The number of aromatic carboxylic acids is 1. The van der Waals surface area contributed by atoms with Gasteiger partial charge >= 0.3 is 5.97 Å². The normalized spacial score (nSPS) is 11.1. The molecule has 0 amide bonds. The Hall–Kier alpha value is -2.67. The van der Waals surface area contributed by atoms with Gasteiger partial charge in [-0.05, 0) is 49.6 Å². The van der Waals surface area contributed by atoms with E-state index in [1.54, 1.807) is 28.0 Å². The summed E-state index contributed by atoms with van der Waals surface area (Å²) >= 11 is 1.60. The fourth-order valence-corrected chi connectivity index (χ4v) is 4.01. The number of carboxylic acid groups (broad SMARTS) is 1. The van der Waals surface area contributed by atoms with Crippen LogP contribution in [0.1, 0.15) is 47.7 Å². The van der Waals surface area contributed by atoms with E-state index >= 15 is 0 Å². The molecule has 0 aliphatic heterocycles. The third kappa shape index (κ3) is 4.42. The Kier molecular flexibility index (Phi) is 6.46. The Morgan fingerprint density at radius 2 is 2.00 bits per heavy atom. The summed E-state index contributed by atoms with van der Waals surface area (Å²) in [6.07, 6.45) is 3.26. The lowest BCUT2D eigenvalue weighted by Crippen LogP contribution is -2.25. The van der Waals surface area contributed by atoms with Gasteiger partial charge < -0.3 is 9.84 Å². The second kappa shape index (κ2) is 9.01. The molecular formula is C21H24N2O4S. The topological polar surface area (TPSA) is 81.4 Å². The van der Waals surface area contributed by atoms with E-state index in [2.05, 4.69) is 13.8 Å². The summed E-state index contributed by atoms with van der Waals surface area (Å²) in [6.45, 7) is 5.14. The zero-order valence-electron chi connectivity index (χ0n) is 16.1. The van der Waals surface area contributed by atoms with Crippen molar-refractivity contribution < 1.29 is 14.6 Å². The van der Waals surface area contributed by atoms with Crippen LogP contribution in [-0.4, -0.2) is 27.2 Å². The lowest BCUT2D eigenvalue weighted by atomic mass is 10.2. The summed E-state index contributed by atoms with van der Waals surface area (Å²) < 4.78 is 7.46. The first-order chi connectivity index (χ1) is 13.5. The number of rotatable bonds is 9. The second-order valence-electron chi connectivity index (χ2n) is 6.55. The molecule has 28 heavy (non-hydrogen) atoms. The van der Waals surface area contributed by atoms with Crippen molar-refractivity contribution in [1.82, 2.24) is 9.55 Å². The van der Waals surface area contributed by atoms with Crippen LogP contribution < -0.4 is 10.3 Å². The number of aryl methyl sites for hydroxylation is 2. The van der Waals surface area contributed by atoms with Crippen molar-refractivity contribution >= 4 is 27.5 Å². The number of hydrogen-bond acceptors (Lipinski definition) is 5. The molecule has 0 fully saturated rings. The number of ether oxygens (including phenoxy) is 1. The van der Waals surface area contributed by atoms with Crippen LogP contribution in [-0.2, 0) is 19.4 Å². The molecule has 0 saturated heterocycles. The molecule has 0 bridgehead atoms. The van der Waals surface area contributed by atoms with Gasteiger partial charge in [-0.15, -0.1) is 11.3 Å². The van der Waals surface area contributed by atoms with Gasteiger partial charge in [-0.2, -0.15) is 0 Å². The average Bonchev–Trinajstić information content (AvgIpc) is 3.11. The molecule has 1 aromatic carbocycles. The number of aromatic nitrogens is 2. The predicted octanol–water partition coefficient (Wildman–Crippen LogP) is 4.14. The van der Waals surface area contributed by atoms with E-state index < -0.39 is 5.97 Å². The van der Waals surface area contributed by atoms with Crippen molar-refractivity contribution in [3.05, 3.63) is 57.0 Å². The van der Waals surface area contributed by atoms with Crippen LogP contribution in [0.2, 0.25) is 0 Å². The van der Waals surface area contributed by atoms with Crippen LogP contribution in [0, 0.1) is 0 Å². The van der Waals surface area contributed by atoms with Gasteiger partial charge in [0.05, 0.1) is 17.6 Å². The average molecular weight is 401 g/mol. The summed E-state index contributed by atoms with van der Waals surface area (Å²) in [6, 6.07) is 8.28.